The summed E-state index contributed by atoms with van der Waals surface area (Å²) in [5.74, 6) is -1.51. The Morgan fingerprint density at radius 2 is 2.11 bits per heavy atom. The average molecular weight is 388 g/mol. The number of aryl methyl sites for hydroxylation is 1. The van der Waals surface area contributed by atoms with Gasteiger partial charge < -0.3 is 5.32 Å². The van der Waals surface area contributed by atoms with E-state index in [2.05, 4.69) is 5.32 Å². The maximum absolute atomic E-state index is 12.2. The van der Waals surface area contributed by atoms with Gasteiger partial charge in [-0.1, -0.05) is 0 Å². The van der Waals surface area contributed by atoms with Crippen LogP contribution in [0, 0.1) is 0 Å². The number of carbonyl (C=O) groups excluding carboxylic acids is 1. The van der Waals surface area contributed by atoms with Crippen molar-refractivity contribution in [2.24, 2.45) is 0 Å². The Labute approximate surface area is 164 Å². The molecule has 0 bridgehead atoms. The number of carboxylic acids is 1. The predicted molar refractivity (Wildman–Crippen MR) is 101 cm³/mol. The summed E-state index contributed by atoms with van der Waals surface area (Å²) in [6, 6.07) is 3.49. The van der Waals surface area contributed by atoms with Crippen molar-refractivity contribution in [1.82, 2.24) is 10.2 Å². The van der Waals surface area contributed by atoms with E-state index < -0.39 is 5.97 Å². The second-order valence-electron chi connectivity index (χ2n) is 7.33. The second kappa shape index (κ2) is 9.19. The molecule has 3 rings (SSSR count). The minimum absolute atomic E-state index is 0.0760. The van der Waals surface area contributed by atoms with Crippen LogP contribution in [0.4, 0.5) is 0 Å². The van der Waals surface area contributed by atoms with Crippen LogP contribution >= 0.6 is 0 Å². The van der Waals surface area contributed by atoms with E-state index in [9.17, 15) is 24.5 Å². The van der Waals surface area contributed by atoms with Crippen LogP contribution < -0.4 is 10.1 Å². The van der Waals surface area contributed by atoms with Gasteiger partial charge >= 0.3 is 126 Å². The molecule has 0 radical (unpaired) electrons. The summed E-state index contributed by atoms with van der Waals surface area (Å²) in [4.78, 5) is 25.5. The Morgan fingerprint density at radius 3 is 2.75 bits per heavy atom. The first-order valence-corrected chi connectivity index (χ1v) is 9.69. The predicted octanol–water partition coefficient (Wildman–Crippen LogP) is 1.22. The van der Waals surface area contributed by atoms with E-state index >= 15 is 0 Å². The van der Waals surface area contributed by atoms with E-state index in [0.717, 1.165) is 25.8 Å². The monoisotopic (exact) mass is 388 g/mol. The number of ether oxygens (including phenoxy) is 1. The van der Waals surface area contributed by atoms with Gasteiger partial charge in [-0.05, 0) is 25.8 Å². The normalized spacial score (nSPS) is 19.1. The van der Waals surface area contributed by atoms with Gasteiger partial charge in [-0.2, -0.15) is 0 Å². The molecule has 1 unspecified atom stereocenters. The number of hydrogen-bond donors (Lipinski definition) is 3. The fourth-order valence-corrected chi connectivity index (χ4v) is 3.69. The van der Waals surface area contributed by atoms with Crippen LogP contribution in [0.25, 0.3) is 0 Å². The summed E-state index contributed by atoms with van der Waals surface area (Å²) < 4.78 is 16.2. The second-order valence-corrected chi connectivity index (χ2v) is 7.33. The quantitative estimate of drug-likeness (QED) is 0.545. The van der Waals surface area contributed by atoms with Crippen molar-refractivity contribution in [3.8, 4) is 11.5 Å². The summed E-state index contributed by atoms with van der Waals surface area (Å²) in [6.07, 6.45) is 3.76. The standard InChI is InChI=1S/C19H25BN2O6/c23-16(6-4-13-2-1-9-21-13)22-10-14(11-22)28-15-5-3-12(7-8-20-27)18(24)17(15)19(25)26/h3,5,13-14,21,24H,1-2,4,6-11H2,(H,25,26). The molecule has 2 heterocycles. The molecular weight excluding hydrogens is 363 g/mol. The molecule has 2 saturated heterocycles. The third kappa shape index (κ3) is 4.70. The molecule has 1 aromatic rings. The Bertz CT molecular complexity index is 744. The van der Waals surface area contributed by atoms with E-state index in [1.165, 1.54) is 6.07 Å². The number of rotatable bonds is 9. The molecule has 8 nitrogen and oxygen atoms in total. The van der Waals surface area contributed by atoms with Crippen molar-refractivity contribution >= 4 is 19.0 Å². The molecule has 0 aromatic heterocycles. The van der Waals surface area contributed by atoms with Crippen molar-refractivity contribution in [3.63, 3.8) is 0 Å². The molecule has 150 valence electrons. The molecule has 2 aliphatic rings. The summed E-state index contributed by atoms with van der Waals surface area (Å²) in [7, 11) is 0.715. The van der Waals surface area contributed by atoms with Gasteiger partial charge in [-0.15, -0.1) is 0 Å². The molecule has 2 aliphatic heterocycles. The Morgan fingerprint density at radius 1 is 1.32 bits per heavy atom. The molecule has 0 aliphatic carbocycles. The van der Waals surface area contributed by atoms with E-state index in [1.807, 2.05) is 0 Å². The van der Waals surface area contributed by atoms with Gasteiger partial charge in [0.25, 0.3) is 0 Å². The Kier molecular flexibility index (Phi) is 6.67. The zero-order valence-corrected chi connectivity index (χ0v) is 15.7. The summed E-state index contributed by atoms with van der Waals surface area (Å²) in [5.41, 5.74) is 0.0864. The van der Waals surface area contributed by atoms with Gasteiger partial charge in [0.2, 0.25) is 0 Å². The van der Waals surface area contributed by atoms with Gasteiger partial charge in [0.1, 0.15) is 0 Å². The van der Waals surface area contributed by atoms with Crippen molar-refractivity contribution in [2.45, 2.75) is 50.6 Å². The molecular formula is C19H25BN2O6. The Balaban J connectivity index is 1.54. The number of benzene rings is 1. The molecule has 0 spiro atoms. The fourth-order valence-electron chi connectivity index (χ4n) is 3.69. The summed E-state index contributed by atoms with van der Waals surface area (Å²) >= 11 is 0. The van der Waals surface area contributed by atoms with E-state index in [0.29, 0.717) is 38.3 Å². The summed E-state index contributed by atoms with van der Waals surface area (Å²) in [5, 5.41) is 23.0. The number of carbonyl (C=O) groups is 2. The first-order chi connectivity index (χ1) is 13.5. The van der Waals surface area contributed by atoms with Crippen molar-refractivity contribution in [3.05, 3.63) is 23.3 Å². The molecule has 1 aromatic carbocycles. The van der Waals surface area contributed by atoms with Crippen LogP contribution in [0.5, 0.6) is 11.5 Å². The number of nitrogens with zero attached hydrogens (tertiary/aromatic N) is 1. The molecule has 0 saturated carbocycles. The molecule has 3 N–H and O–H groups in total. The number of aromatic carboxylic acids is 1. The first-order valence-electron chi connectivity index (χ1n) is 9.69. The van der Waals surface area contributed by atoms with Crippen LogP contribution in [-0.2, 0) is 15.9 Å². The number of amides is 1. The van der Waals surface area contributed by atoms with E-state index in [-0.39, 0.29) is 41.8 Å². The van der Waals surface area contributed by atoms with Gasteiger partial charge in [0.05, 0.1) is 0 Å². The number of aromatic hydroxyl groups is 1. The summed E-state index contributed by atoms with van der Waals surface area (Å²) in [6.45, 7) is 1.83. The van der Waals surface area contributed by atoms with Crippen molar-refractivity contribution in [2.75, 3.05) is 19.6 Å². The maximum atomic E-state index is 12.2. The van der Waals surface area contributed by atoms with Crippen molar-refractivity contribution in [1.29, 1.82) is 0 Å². The van der Waals surface area contributed by atoms with Gasteiger partial charge in [0.15, 0.2) is 0 Å². The zero-order chi connectivity index (χ0) is 20.1. The first kappa shape index (κ1) is 20.3. The van der Waals surface area contributed by atoms with Crippen molar-refractivity contribution < 1.29 is 29.2 Å². The molecule has 1 amide bonds. The van der Waals surface area contributed by atoms with Crippen LogP contribution in [0.3, 0.4) is 0 Å². The fraction of sp³-hybridized carbons (Fsp3) is 0.579. The van der Waals surface area contributed by atoms with E-state index in [1.54, 1.807) is 11.0 Å². The molecule has 1 atom stereocenters. The number of nitrogens with one attached hydrogen (secondary N) is 1. The van der Waals surface area contributed by atoms with Crippen LogP contribution in [0.15, 0.2) is 12.1 Å². The molecule has 9 heteroatoms. The van der Waals surface area contributed by atoms with Gasteiger partial charge in [-0.3, -0.25) is 0 Å². The average Bonchev–Trinajstić information content (AvgIpc) is 3.14. The SMILES string of the molecule is O=BCCc1ccc(OC2CN(C(=O)CCC3CCCN3)C2)c(C(=O)O)c1O. The van der Waals surface area contributed by atoms with E-state index in [4.69, 9.17) is 4.74 Å². The Hall–Kier alpha value is -2.42. The number of likely N-dealkylation sites (tertiary alicyclic amines) is 1. The number of carboxylic acid groups (broad SMARTS) is 1. The van der Waals surface area contributed by atoms with Gasteiger partial charge in [-0.25, -0.2) is 0 Å². The molecule has 28 heavy (non-hydrogen) atoms. The number of phenols is 1. The number of hydrogen-bond acceptors (Lipinski definition) is 6. The topological polar surface area (TPSA) is 116 Å². The third-order valence-corrected chi connectivity index (χ3v) is 5.33. The third-order valence-electron chi connectivity index (χ3n) is 5.33. The van der Waals surface area contributed by atoms with Gasteiger partial charge in [0, 0.05) is 6.04 Å². The van der Waals surface area contributed by atoms with Crippen LogP contribution in [-0.4, -0.2) is 65.9 Å². The molecule has 2 fully saturated rings. The van der Waals surface area contributed by atoms with Crippen LogP contribution in [0.2, 0.25) is 6.32 Å². The minimum atomic E-state index is -1.29. The zero-order valence-electron chi connectivity index (χ0n) is 15.7. The van der Waals surface area contributed by atoms with Crippen LogP contribution in [0.1, 0.15) is 41.6 Å².